The van der Waals surface area contributed by atoms with E-state index in [1.54, 1.807) is 21.6 Å². The molecule has 132 valence electrons. The number of aryl methyl sites for hydroxylation is 1. The van der Waals surface area contributed by atoms with Gasteiger partial charge in [0.15, 0.2) is 0 Å². The Morgan fingerprint density at radius 3 is 2.80 bits per heavy atom. The van der Waals surface area contributed by atoms with Gasteiger partial charge in [-0.1, -0.05) is 0 Å². The maximum atomic E-state index is 13.0. The molecule has 1 amide bonds. The van der Waals surface area contributed by atoms with Crippen molar-refractivity contribution in [1.29, 1.82) is 0 Å². The molecule has 0 spiro atoms. The molecule has 7 heteroatoms. The predicted molar refractivity (Wildman–Crippen MR) is 89.3 cm³/mol. The Bertz CT molecular complexity index is 889. The van der Waals surface area contributed by atoms with Crippen molar-refractivity contribution in [3.8, 4) is 0 Å². The van der Waals surface area contributed by atoms with Gasteiger partial charge in [-0.2, -0.15) is 5.10 Å². The van der Waals surface area contributed by atoms with Gasteiger partial charge >= 0.3 is 5.69 Å². The lowest BCUT2D eigenvalue weighted by Crippen LogP contribution is -2.43. The predicted octanol–water partition coefficient (Wildman–Crippen LogP) is 1.59. The molecule has 7 nitrogen and oxygen atoms in total. The third-order valence-electron chi connectivity index (χ3n) is 5.88. The minimum absolute atomic E-state index is 0.0126. The summed E-state index contributed by atoms with van der Waals surface area (Å²) in [7, 11) is 0. The lowest BCUT2D eigenvalue weighted by Gasteiger charge is -2.27. The molecular formula is C18H22N4O3. The Hall–Kier alpha value is -2.31. The largest absolute Gasteiger partial charge is 0.469 e. The highest BCUT2D eigenvalue weighted by Crippen LogP contribution is 2.33. The van der Waals surface area contributed by atoms with Crippen LogP contribution in [0.2, 0.25) is 0 Å². The normalized spacial score (nSPS) is 25.1. The smallest absolute Gasteiger partial charge is 0.345 e. The summed E-state index contributed by atoms with van der Waals surface area (Å²) in [5, 5.41) is 4.59. The summed E-state index contributed by atoms with van der Waals surface area (Å²) < 4.78 is 8.75. The summed E-state index contributed by atoms with van der Waals surface area (Å²) in [4.78, 5) is 27.7. The second-order valence-corrected chi connectivity index (χ2v) is 7.63. The quantitative estimate of drug-likeness (QED) is 0.849. The Labute approximate surface area is 145 Å². The summed E-state index contributed by atoms with van der Waals surface area (Å²) in [6, 6.07) is 1.91. The SMILES string of the molecule is Cc1occc1C(=O)N1C2CCC1Cn1c(nn(CC3CC3)c1=O)C2. The Morgan fingerprint density at radius 2 is 2.08 bits per heavy atom. The van der Waals surface area contributed by atoms with Gasteiger partial charge in [0.1, 0.15) is 11.6 Å². The van der Waals surface area contributed by atoms with Crippen molar-refractivity contribution in [2.75, 3.05) is 0 Å². The van der Waals surface area contributed by atoms with Crippen LogP contribution in [-0.2, 0) is 19.5 Å². The highest BCUT2D eigenvalue weighted by molar-refractivity contribution is 5.95. The zero-order valence-corrected chi connectivity index (χ0v) is 14.4. The van der Waals surface area contributed by atoms with Crippen LogP contribution in [0.5, 0.6) is 0 Å². The van der Waals surface area contributed by atoms with Crippen LogP contribution in [0, 0.1) is 12.8 Å². The van der Waals surface area contributed by atoms with E-state index in [0.29, 0.717) is 30.2 Å². The van der Waals surface area contributed by atoms with Crippen LogP contribution >= 0.6 is 0 Å². The van der Waals surface area contributed by atoms with E-state index in [1.165, 1.54) is 12.8 Å². The first-order valence-corrected chi connectivity index (χ1v) is 9.15. The van der Waals surface area contributed by atoms with Gasteiger partial charge in [-0.15, -0.1) is 0 Å². The van der Waals surface area contributed by atoms with Gasteiger partial charge in [-0.3, -0.25) is 9.36 Å². The van der Waals surface area contributed by atoms with Crippen LogP contribution in [0.3, 0.4) is 0 Å². The van der Waals surface area contributed by atoms with Crippen molar-refractivity contribution in [2.24, 2.45) is 5.92 Å². The molecular weight excluding hydrogens is 320 g/mol. The van der Waals surface area contributed by atoms with Gasteiger partial charge in [0.2, 0.25) is 0 Å². The third-order valence-corrected chi connectivity index (χ3v) is 5.88. The van der Waals surface area contributed by atoms with Crippen LogP contribution in [-0.4, -0.2) is 37.2 Å². The van der Waals surface area contributed by atoms with Crippen molar-refractivity contribution < 1.29 is 9.21 Å². The second-order valence-electron chi connectivity index (χ2n) is 7.63. The van der Waals surface area contributed by atoms with E-state index in [2.05, 4.69) is 5.10 Å². The number of rotatable bonds is 3. The molecule has 1 aliphatic carbocycles. The number of amides is 1. The summed E-state index contributed by atoms with van der Waals surface area (Å²) in [5.41, 5.74) is 0.615. The number of hydrogen-bond donors (Lipinski definition) is 0. The molecule has 0 N–H and O–H groups in total. The van der Waals surface area contributed by atoms with Crippen LogP contribution in [0.1, 0.15) is 47.6 Å². The van der Waals surface area contributed by atoms with Gasteiger partial charge < -0.3 is 9.32 Å². The lowest BCUT2D eigenvalue weighted by atomic mass is 10.1. The van der Waals surface area contributed by atoms with Gasteiger partial charge in [-0.25, -0.2) is 9.48 Å². The molecule has 5 rings (SSSR count). The summed E-state index contributed by atoms with van der Waals surface area (Å²) in [6.07, 6.45) is 6.53. The van der Waals surface area contributed by atoms with Gasteiger partial charge in [0.05, 0.1) is 17.9 Å². The second kappa shape index (κ2) is 5.34. The van der Waals surface area contributed by atoms with Crippen LogP contribution in [0.15, 0.2) is 21.5 Å². The Balaban J connectivity index is 1.46. The number of fused-ring (bicyclic) bond motifs is 3. The average molecular weight is 342 g/mol. The number of aromatic nitrogens is 3. The molecule has 2 aromatic rings. The molecule has 0 aromatic carbocycles. The molecule has 25 heavy (non-hydrogen) atoms. The molecule has 2 aromatic heterocycles. The van der Waals surface area contributed by atoms with E-state index in [0.717, 1.165) is 25.2 Å². The zero-order valence-electron chi connectivity index (χ0n) is 14.4. The number of nitrogens with zero attached hydrogens (tertiary/aromatic N) is 4. The minimum atomic E-state index is -0.0126. The van der Waals surface area contributed by atoms with Crippen LogP contribution in [0.25, 0.3) is 0 Å². The van der Waals surface area contributed by atoms with E-state index < -0.39 is 0 Å². The van der Waals surface area contributed by atoms with Crippen molar-refractivity contribution >= 4 is 5.91 Å². The molecule has 2 aliphatic heterocycles. The third kappa shape index (κ3) is 2.36. The van der Waals surface area contributed by atoms with E-state index in [4.69, 9.17) is 4.42 Å². The monoisotopic (exact) mass is 342 g/mol. The van der Waals surface area contributed by atoms with E-state index in [9.17, 15) is 9.59 Å². The summed E-state index contributed by atoms with van der Waals surface area (Å²) in [6.45, 7) is 3.11. The molecule has 2 atom stereocenters. The van der Waals surface area contributed by atoms with E-state index in [1.807, 2.05) is 11.8 Å². The fourth-order valence-corrected chi connectivity index (χ4v) is 4.32. The summed E-state index contributed by atoms with van der Waals surface area (Å²) >= 11 is 0. The number of carbonyl (C=O) groups excluding carboxylic acids is 1. The maximum absolute atomic E-state index is 13.0. The number of carbonyl (C=O) groups is 1. The van der Waals surface area contributed by atoms with Crippen molar-refractivity contribution in [1.82, 2.24) is 19.2 Å². The van der Waals surface area contributed by atoms with Crippen molar-refractivity contribution in [3.63, 3.8) is 0 Å². The van der Waals surface area contributed by atoms with E-state index in [-0.39, 0.29) is 23.7 Å². The fraction of sp³-hybridized carbons (Fsp3) is 0.611. The van der Waals surface area contributed by atoms with Gasteiger partial charge in [-0.05, 0) is 44.6 Å². The topological polar surface area (TPSA) is 73.3 Å². The average Bonchev–Trinajstić information content (AvgIpc) is 3.10. The van der Waals surface area contributed by atoms with E-state index >= 15 is 0 Å². The van der Waals surface area contributed by atoms with Crippen molar-refractivity contribution in [2.45, 2.75) is 64.2 Å². The molecule has 2 bridgehead atoms. The maximum Gasteiger partial charge on any atom is 0.345 e. The molecule has 0 radical (unpaired) electrons. The molecule has 1 saturated heterocycles. The van der Waals surface area contributed by atoms with Crippen LogP contribution in [0.4, 0.5) is 0 Å². The van der Waals surface area contributed by atoms with Gasteiger partial charge in [0, 0.05) is 25.6 Å². The first kappa shape index (κ1) is 15.0. The molecule has 2 fully saturated rings. The minimum Gasteiger partial charge on any atom is -0.469 e. The Morgan fingerprint density at radius 1 is 1.28 bits per heavy atom. The fourth-order valence-electron chi connectivity index (χ4n) is 4.32. The highest BCUT2D eigenvalue weighted by Gasteiger charge is 2.42. The number of hydrogen-bond acceptors (Lipinski definition) is 4. The summed E-state index contributed by atoms with van der Waals surface area (Å²) in [5.74, 6) is 2.12. The molecule has 3 aliphatic rings. The highest BCUT2D eigenvalue weighted by atomic mass is 16.3. The van der Waals surface area contributed by atoms with Gasteiger partial charge in [0.25, 0.3) is 5.91 Å². The lowest BCUT2D eigenvalue weighted by molar-refractivity contribution is 0.0663. The molecule has 1 saturated carbocycles. The number of furan rings is 1. The Kier molecular flexibility index (Phi) is 3.20. The molecule has 4 heterocycles. The first-order valence-electron chi connectivity index (χ1n) is 9.15. The zero-order chi connectivity index (χ0) is 17.1. The van der Waals surface area contributed by atoms with Crippen LogP contribution < -0.4 is 5.69 Å². The standard InChI is InChI=1S/C18H22N4O3/c1-11-15(6-7-25-11)17(23)22-13-4-5-14(22)10-20-16(8-13)19-21(18(20)24)9-12-2-3-12/h6-7,12-14H,2-5,8-10H2,1H3. The first-order chi connectivity index (χ1) is 12.1. The van der Waals surface area contributed by atoms with Crippen molar-refractivity contribution in [3.05, 3.63) is 40.0 Å². The molecule has 2 unspecified atom stereocenters.